The van der Waals surface area contributed by atoms with Crippen LogP contribution < -0.4 is 11.1 Å². The van der Waals surface area contributed by atoms with Crippen molar-refractivity contribution in [2.75, 3.05) is 11.1 Å². The Kier molecular flexibility index (Phi) is 3.69. The van der Waals surface area contributed by atoms with Gasteiger partial charge in [0.15, 0.2) is 0 Å². The molecule has 6 heteroatoms. The van der Waals surface area contributed by atoms with Crippen molar-refractivity contribution in [2.45, 2.75) is 33.1 Å². The summed E-state index contributed by atoms with van der Waals surface area (Å²) >= 11 is 0. The number of nitrogens with two attached hydrogens (primary N) is 1. The van der Waals surface area contributed by atoms with Gasteiger partial charge in [-0.2, -0.15) is 5.10 Å². The maximum atomic E-state index is 5.94. The molecule has 2 aromatic rings. The molecule has 0 saturated carbocycles. The Morgan fingerprint density at radius 1 is 1.37 bits per heavy atom. The average Bonchev–Trinajstić information content (AvgIpc) is 2.69. The Morgan fingerprint density at radius 3 is 2.74 bits per heavy atom. The standard InChI is InChI=1S/C13H20N6/c1-5-9-10(6-19(4)18-9)17-13-11(8(2)3)12(14)15-7-16-13/h6-8H,5H2,1-4H3,(H3,14,15,16,17). The van der Waals surface area contributed by atoms with E-state index in [1.807, 2.05) is 13.2 Å². The lowest BCUT2D eigenvalue weighted by atomic mass is 10.0. The number of nitrogen functional groups attached to an aromatic ring is 1. The van der Waals surface area contributed by atoms with Gasteiger partial charge in [0, 0.05) is 18.8 Å². The van der Waals surface area contributed by atoms with Crippen molar-refractivity contribution in [1.82, 2.24) is 19.7 Å². The third-order valence-corrected chi connectivity index (χ3v) is 2.99. The molecule has 102 valence electrons. The van der Waals surface area contributed by atoms with Gasteiger partial charge in [-0.15, -0.1) is 0 Å². The van der Waals surface area contributed by atoms with Gasteiger partial charge >= 0.3 is 0 Å². The molecular formula is C13H20N6. The molecule has 2 heterocycles. The van der Waals surface area contributed by atoms with Gasteiger partial charge in [0.25, 0.3) is 0 Å². The lowest BCUT2D eigenvalue weighted by Crippen LogP contribution is -2.07. The van der Waals surface area contributed by atoms with Crippen LogP contribution in [0.5, 0.6) is 0 Å². The molecule has 0 aliphatic carbocycles. The average molecular weight is 260 g/mol. The molecule has 0 amide bonds. The molecule has 0 unspecified atom stereocenters. The normalized spacial score (nSPS) is 11.0. The molecule has 19 heavy (non-hydrogen) atoms. The first-order valence-corrected chi connectivity index (χ1v) is 6.42. The minimum atomic E-state index is 0.255. The summed E-state index contributed by atoms with van der Waals surface area (Å²) in [6.07, 6.45) is 4.29. The van der Waals surface area contributed by atoms with Crippen molar-refractivity contribution in [3.8, 4) is 0 Å². The summed E-state index contributed by atoms with van der Waals surface area (Å²) in [6.45, 7) is 6.22. The first-order chi connectivity index (χ1) is 9.02. The summed E-state index contributed by atoms with van der Waals surface area (Å²) in [5, 5.41) is 7.72. The Morgan fingerprint density at radius 2 is 2.11 bits per heavy atom. The fourth-order valence-electron chi connectivity index (χ4n) is 2.11. The highest BCUT2D eigenvalue weighted by atomic mass is 15.3. The first kappa shape index (κ1) is 13.3. The number of anilines is 3. The third-order valence-electron chi connectivity index (χ3n) is 2.99. The van der Waals surface area contributed by atoms with Crippen molar-refractivity contribution in [1.29, 1.82) is 0 Å². The van der Waals surface area contributed by atoms with Crippen molar-refractivity contribution >= 4 is 17.3 Å². The Bertz CT molecular complexity index is 573. The van der Waals surface area contributed by atoms with Gasteiger partial charge in [-0.1, -0.05) is 20.8 Å². The number of nitrogens with one attached hydrogen (secondary N) is 1. The smallest absolute Gasteiger partial charge is 0.139 e. The maximum absolute atomic E-state index is 5.94. The highest BCUT2D eigenvalue weighted by molar-refractivity contribution is 5.65. The van der Waals surface area contributed by atoms with Crippen LogP contribution in [0.1, 0.15) is 37.9 Å². The maximum Gasteiger partial charge on any atom is 0.139 e. The third kappa shape index (κ3) is 2.67. The SMILES string of the molecule is CCc1nn(C)cc1Nc1ncnc(N)c1C(C)C. The number of aromatic nitrogens is 4. The molecule has 6 nitrogen and oxygen atoms in total. The molecule has 2 rings (SSSR count). The van der Waals surface area contributed by atoms with Crippen LogP contribution in [-0.2, 0) is 13.5 Å². The minimum Gasteiger partial charge on any atom is -0.383 e. The van der Waals surface area contributed by atoms with Crippen molar-refractivity contribution in [3.05, 3.63) is 23.8 Å². The molecule has 0 aliphatic heterocycles. The highest BCUT2D eigenvalue weighted by Gasteiger charge is 2.15. The van der Waals surface area contributed by atoms with Crippen LogP contribution in [0.2, 0.25) is 0 Å². The minimum absolute atomic E-state index is 0.255. The second-order valence-corrected chi connectivity index (χ2v) is 4.82. The van der Waals surface area contributed by atoms with Gasteiger partial charge < -0.3 is 11.1 Å². The van der Waals surface area contributed by atoms with E-state index in [1.54, 1.807) is 4.68 Å². The van der Waals surface area contributed by atoms with Crippen LogP contribution >= 0.6 is 0 Å². The number of nitrogens with zero attached hydrogens (tertiary/aromatic N) is 4. The van der Waals surface area contributed by atoms with E-state index in [4.69, 9.17) is 5.73 Å². The zero-order valence-corrected chi connectivity index (χ0v) is 11.8. The second kappa shape index (κ2) is 5.26. The lowest BCUT2D eigenvalue weighted by molar-refractivity contribution is 0.746. The Hall–Kier alpha value is -2.11. The van der Waals surface area contributed by atoms with Gasteiger partial charge in [-0.3, -0.25) is 4.68 Å². The Balaban J connectivity index is 2.40. The number of aryl methyl sites for hydroxylation is 2. The molecule has 3 N–H and O–H groups in total. The summed E-state index contributed by atoms with van der Waals surface area (Å²) in [6, 6.07) is 0. The summed E-state index contributed by atoms with van der Waals surface area (Å²) in [5.41, 5.74) is 8.85. The van der Waals surface area contributed by atoms with Crippen LogP contribution in [0.3, 0.4) is 0 Å². The van der Waals surface area contributed by atoms with Crippen molar-refractivity contribution < 1.29 is 0 Å². The number of hydrogen-bond donors (Lipinski definition) is 2. The predicted octanol–water partition coefficient (Wildman–Crippen LogP) is 2.22. The molecule has 0 bridgehead atoms. The van der Waals surface area contributed by atoms with E-state index in [-0.39, 0.29) is 5.92 Å². The molecule has 0 atom stereocenters. The van der Waals surface area contributed by atoms with Gasteiger partial charge in [-0.05, 0) is 12.3 Å². The summed E-state index contributed by atoms with van der Waals surface area (Å²) in [5.74, 6) is 1.53. The molecule has 0 fully saturated rings. The van der Waals surface area contributed by atoms with Crippen LogP contribution in [0, 0.1) is 0 Å². The van der Waals surface area contributed by atoms with Crippen LogP contribution in [0.4, 0.5) is 17.3 Å². The molecule has 0 saturated heterocycles. The molecule has 0 aliphatic rings. The quantitative estimate of drug-likeness (QED) is 0.881. The molecular weight excluding hydrogens is 240 g/mol. The van der Waals surface area contributed by atoms with Gasteiger partial charge in [0.05, 0.1) is 11.4 Å². The highest BCUT2D eigenvalue weighted by Crippen LogP contribution is 2.29. The zero-order chi connectivity index (χ0) is 14.0. The van der Waals surface area contributed by atoms with E-state index in [2.05, 4.69) is 41.2 Å². The van der Waals surface area contributed by atoms with Crippen LogP contribution in [0.25, 0.3) is 0 Å². The topological polar surface area (TPSA) is 81.7 Å². The molecule has 0 spiro atoms. The fraction of sp³-hybridized carbons (Fsp3) is 0.462. The van der Waals surface area contributed by atoms with Crippen molar-refractivity contribution in [3.63, 3.8) is 0 Å². The molecule has 0 radical (unpaired) electrons. The largest absolute Gasteiger partial charge is 0.383 e. The molecule has 0 aromatic carbocycles. The zero-order valence-electron chi connectivity index (χ0n) is 11.8. The lowest BCUT2D eigenvalue weighted by Gasteiger charge is -2.14. The molecule has 2 aromatic heterocycles. The van der Waals surface area contributed by atoms with Gasteiger partial charge in [0.1, 0.15) is 18.0 Å². The number of rotatable bonds is 4. The summed E-state index contributed by atoms with van der Waals surface area (Å²) in [7, 11) is 1.90. The van der Waals surface area contributed by atoms with E-state index in [9.17, 15) is 0 Å². The monoisotopic (exact) mass is 260 g/mol. The summed E-state index contributed by atoms with van der Waals surface area (Å²) in [4.78, 5) is 8.36. The van der Waals surface area contributed by atoms with Gasteiger partial charge in [-0.25, -0.2) is 9.97 Å². The van der Waals surface area contributed by atoms with Gasteiger partial charge in [0.2, 0.25) is 0 Å². The predicted molar refractivity (Wildman–Crippen MR) is 76.4 cm³/mol. The van der Waals surface area contributed by atoms with E-state index in [0.29, 0.717) is 5.82 Å². The Labute approximate surface area is 113 Å². The van der Waals surface area contributed by atoms with E-state index >= 15 is 0 Å². The number of hydrogen-bond acceptors (Lipinski definition) is 5. The van der Waals surface area contributed by atoms with E-state index < -0.39 is 0 Å². The van der Waals surface area contributed by atoms with Crippen molar-refractivity contribution in [2.24, 2.45) is 7.05 Å². The van der Waals surface area contributed by atoms with Crippen LogP contribution in [-0.4, -0.2) is 19.7 Å². The fourth-order valence-corrected chi connectivity index (χ4v) is 2.11. The van der Waals surface area contributed by atoms with Crippen LogP contribution in [0.15, 0.2) is 12.5 Å². The first-order valence-electron chi connectivity index (χ1n) is 6.42. The second-order valence-electron chi connectivity index (χ2n) is 4.82. The van der Waals surface area contributed by atoms with E-state index in [1.165, 1.54) is 6.33 Å². The summed E-state index contributed by atoms with van der Waals surface area (Å²) < 4.78 is 1.79. The van der Waals surface area contributed by atoms with E-state index in [0.717, 1.165) is 29.2 Å².